The molecule has 1 amide bonds. The molecule has 1 aliphatic heterocycles. The van der Waals surface area contributed by atoms with Crippen molar-refractivity contribution >= 4 is 16.3 Å². The van der Waals surface area contributed by atoms with E-state index in [1.807, 2.05) is 0 Å². The van der Waals surface area contributed by atoms with E-state index in [9.17, 15) is 13.2 Å². The molecule has 0 bridgehead atoms. The Labute approximate surface area is 120 Å². The maximum Gasteiger partial charge on any atom is 0.409 e. The van der Waals surface area contributed by atoms with Crippen LogP contribution in [0.2, 0.25) is 0 Å². The molecule has 8 nitrogen and oxygen atoms in total. The monoisotopic (exact) mass is 308 g/mol. The van der Waals surface area contributed by atoms with Gasteiger partial charge in [-0.2, -0.15) is 17.0 Å². The van der Waals surface area contributed by atoms with Gasteiger partial charge in [-0.3, -0.25) is 0 Å². The first-order valence-electron chi connectivity index (χ1n) is 6.76. The molecule has 0 aromatic rings. The fourth-order valence-electron chi connectivity index (χ4n) is 1.94. The average molecular weight is 308 g/mol. The van der Waals surface area contributed by atoms with Gasteiger partial charge in [0.25, 0.3) is 10.2 Å². The summed E-state index contributed by atoms with van der Waals surface area (Å²) in [6.45, 7) is 4.19. The molecule has 9 heteroatoms. The van der Waals surface area contributed by atoms with E-state index in [0.29, 0.717) is 39.2 Å². The molecule has 1 rings (SSSR count). The summed E-state index contributed by atoms with van der Waals surface area (Å²) in [4.78, 5) is 13.1. The van der Waals surface area contributed by atoms with Crippen molar-refractivity contribution in [3.63, 3.8) is 0 Å². The van der Waals surface area contributed by atoms with Gasteiger partial charge in [-0.05, 0) is 19.9 Å². The Balaban J connectivity index is 2.53. The van der Waals surface area contributed by atoms with Crippen molar-refractivity contribution in [3.8, 4) is 0 Å². The molecule has 2 N–H and O–H groups in total. The standard InChI is InChI=1S/C11H24N4O4S/c1-3-19-11(16)14-7-9-15(10-8-14)20(17,18)13(2)6-4-5-12/h3-10,12H2,1-2H3. The van der Waals surface area contributed by atoms with Gasteiger partial charge in [0, 0.05) is 39.8 Å². The van der Waals surface area contributed by atoms with Crippen molar-refractivity contribution in [2.75, 3.05) is 52.9 Å². The highest BCUT2D eigenvalue weighted by Crippen LogP contribution is 2.11. The maximum atomic E-state index is 12.3. The fraction of sp³-hybridized carbons (Fsp3) is 0.909. The quantitative estimate of drug-likeness (QED) is 0.699. The Bertz CT molecular complexity index is 407. The summed E-state index contributed by atoms with van der Waals surface area (Å²) in [6, 6.07) is 0. The first-order chi connectivity index (χ1) is 9.43. The van der Waals surface area contributed by atoms with Crippen molar-refractivity contribution in [3.05, 3.63) is 0 Å². The lowest BCUT2D eigenvalue weighted by Gasteiger charge is -2.35. The Hall–Kier alpha value is -0.900. The van der Waals surface area contributed by atoms with Gasteiger partial charge >= 0.3 is 6.09 Å². The van der Waals surface area contributed by atoms with E-state index in [2.05, 4.69) is 0 Å². The van der Waals surface area contributed by atoms with Crippen LogP contribution in [0.3, 0.4) is 0 Å². The zero-order chi connectivity index (χ0) is 15.2. The number of carbonyl (C=O) groups excluding carboxylic acids is 1. The molecular weight excluding hydrogens is 284 g/mol. The van der Waals surface area contributed by atoms with E-state index in [0.717, 1.165) is 0 Å². The molecule has 1 heterocycles. The molecule has 0 spiro atoms. The smallest absolute Gasteiger partial charge is 0.409 e. The van der Waals surface area contributed by atoms with E-state index < -0.39 is 10.2 Å². The minimum atomic E-state index is -3.46. The van der Waals surface area contributed by atoms with Crippen LogP contribution in [0.5, 0.6) is 0 Å². The highest BCUT2D eigenvalue weighted by Gasteiger charge is 2.31. The number of ether oxygens (including phenoxy) is 1. The highest BCUT2D eigenvalue weighted by atomic mass is 32.2. The Kier molecular flexibility index (Phi) is 6.66. The summed E-state index contributed by atoms with van der Waals surface area (Å²) in [5.41, 5.74) is 5.39. The van der Waals surface area contributed by atoms with Crippen LogP contribution in [0.25, 0.3) is 0 Å². The van der Waals surface area contributed by atoms with Gasteiger partial charge < -0.3 is 15.4 Å². The molecule has 20 heavy (non-hydrogen) atoms. The number of nitrogens with two attached hydrogens (primary N) is 1. The lowest BCUT2D eigenvalue weighted by atomic mass is 10.4. The maximum absolute atomic E-state index is 12.3. The normalized spacial score (nSPS) is 17.5. The van der Waals surface area contributed by atoms with Gasteiger partial charge in [0.15, 0.2) is 0 Å². The van der Waals surface area contributed by atoms with Gasteiger partial charge in [0.05, 0.1) is 6.61 Å². The molecule has 1 fully saturated rings. The summed E-state index contributed by atoms with van der Waals surface area (Å²) in [5.74, 6) is 0. The van der Waals surface area contributed by atoms with Crippen LogP contribution in [0, 0.1) is 0 Å². The Morgan fingerprint density at radius 3 is 2.40 bits per heavy atom. The molecule has 0 saturated carbocycles. The van der Waals surface area contributed by atoms with E-state index in [-0.39, 0.29) is 19.2 Å². The first-order valence-corrected chi connectivity index (χ1v) is 8.16. The van der Waals surface area contributed by atoms with E-state index >= 15 is 0 Å². The zero-order valence-electron chi connectivity index (χ0n) is 12.1. The van der Waals surface area contributed by atoms with Gasteiger partial charge in [0.1, 0.15) is 0 Å². The second kappa shape index (κ2) is 7.77. The predicted octanol–water partition coefficient (Wildman–Crippen LogP) is -0.714. The molecule has 0 unspecified atom stereocenters. The molecule has 0 radical (unpaired) electrons. The number of rotatable bonds is 6. The molecular formula is C11H24N4O4S. The third-order valence-corrected chi connectivity index (χ3v) is 5.15. The number of nitrogens with zero attached hydrogens (tertiary/aromatic N) is 3. The van der Waals surface area contributed by atoms with Crippen LogP contribution in [-0.2, 0) is 14.9 Å². The average Bonchev–Trinajstić information content (AvgIpc) is 2.45. The molecule has 1 aliphatic rings. The van der Waals surface area contributed by atoms with Crippen LogP contribution in [0.4, 0.5) is 4.79 Å². The summed E-state index contributed by atoms with van der Waals surface area (Å²) in [6.07, 6.45) is 0.236. The van der Waals surface area contributed by atoms with Crippen LogP contribution in [0.1, 0.15) is 13.3 Å². The summed E-state index contributed by atoms with van der Waals surface area (Å²) >= 11 is 0. The predicted molar refractivity (Wildman–Crippen MR) is 75.4 cm³/mol. The van der Waals surface area contributed by atoms with Gasteiger partial charge in [0.2, 0.25) is 0 Å². The number of piperazine rings is 1. The summed E-state index contributed by atoms with van der Waals surface area (Å²) in [7, 11) is -1.92. The lowest BCUT2D eigenvalue weighted by molar-refractivity contribution is 0.0926. The van der Waals surface area contributed by atoms with Crippen molar-refractivity contribution in [2.45, 2.75) is 13.3 Å². The molecule has 0 aromatic carbocycles. The largest absolute Gasteiger partial charge is 0.450 e. The number of amides is 1. The lowest BCUT2D eigenvalue weighted by Crippen LogP contribution is -2.53. The van der Waals surface area contributed by atoms with Crippen LogP contribution < -0.4 is 5.73 Å². The zero-order valence-corrected chi connectivity index (χ0v) is 12.9. The second-order valence-corrected chi connectivity index (χ2v) is 6.59. The number of carbonyl (C=O) groups is 1. The molecule has 1 saturated heterocycles. The topological polar surface area (TPSA) is 96.2 Å². The number of hydrogen-bond donors (Lipinski definition) is 1. The number of hydrogen-bond acceptors (Lipinski definition) is 5. The van der Waals surface area contributed by atoms with Gasteiger partial charge in [-0.1, -0.05) is 0 Å². The molecule has 0 atom stereocenters. The van der Waals surface area contributed by atoms with Gasteiger partial charge in [-0.15, -0.1) is 0 Å². The van der Waals surface area contributed by atoms with E-state index in [4.69, 9.17) is 10.5 Å². The highest BCUT2D eigenvalue weighted by molar-refractivity contribution is 7.86. The van der Waals surface area contributed by atoms with Crippen molar-refractivity contribution in [2.24, 2.45) is 5.73 Å². The minimum absolute atomic E-state index is 0.286. The minimum Gasteiger partial charge on any atom is -0.450 e. The van der Waals surface area contributed by atoms with E-state index in [1.54, 1.807) is 14.0 Å². The first kappa shape index (κ1) is 17.2. The Morgan fingerprint density at radius 2 is 1.90 bits per heavy atom. The second-order valence-electron chi connectivity index (χ2n) is 4.56. The summed E-state index contributed by atoms with van der Waals surface area (Å²) < 4.78 is 32.1. The van der Waals surface area contributed by atoms with Crippen LogP contribution in [0.15, 0.2) is 0 Å². The third kappa shape index (κ3) is 4.30. The van der Waals surface area contributed by atoms with Crippen LogP contribution in [-0.4, -0.2) is 80.9 Å². The van der Waals surface area contributed by atoms with E-state index in [1.165, 1.54) is 13.5 Å². The summed E-state index contributed by atoms with van der Waals surface area (Å²) in [5, 5.41) is 0. The van der Waals surface area contributed by atoms with Crippen molar-refractivity contribution in [1.29, 1.82) is 0 Å². The molecule has 0 aromatic heterocycles. The fourth-order valence-corrected chi connectivity index (χ4v) is 3.32. The SMILES string of the molecule is CCOC(=O)N1CCN(S(=O)(=O)N(C)CCCN)CC1. The van der Waals surface area contributed by atoms with Crippen LogP contribution >= 0.6 is 0 Å². The molecule has 118 valence electrons. The van der Waals surface area contributed by atoms with Crippen molar-refractivity contribution < 1.29 is 17.9 Å². The molecule has 0 aliphatic carbocycles. The van der Waals surface area contributed by atoms with Gasteiger partial charge in [-0.25, -0.2) is 4.79 Å². The third-order valence-electron chi connectivity index (χ3n) is 3.16. The van der Waals surface area contributed by atoms with Crippen molar-refractivity contribution in [1.82, 2.24) is 13.5 Å². The Morgan fingerprint density at radius 1 is 1.30 bits per heavy atom.